The summed E-state index contributed by atoms with van der Waals surface area (Å²) in [5.74, 6) is 0.917. The van der Waals surface area contributed by atoms with Crippen molar-refractivity contribution in [2.45, 2.75) is 43.6 Å². The quantitative estimate of drug-likeness (QED) is 0.800. The van der Waals surface area contributed by atoms with E-state index in [1.807, 2.05) is 17.0 Å². The first-order valence-electron chi connectivity index (χ1n) is 7.70. The van der Waals surface area contributed by atoms with Gasteiger partial charge in [-0.3, -0.25) is 9.59 Å². The Labute approximate surface area is 123 Å². The molecule has 110 valence electrons. The number of hydrogen-bond donors (Lipinski definition) is 1. The number of Topliss-reactive ketones (excluding diaryl/α,β-unsaturated/α-hetero) is 1. The highest BCUT2D eigenvalue weighted by molar-refractivity contribution is 5.82. The summed E-state index contributed by atoms with van der Waals surface area (Å²) >= 11 is 0. The zero-order chi connectivity index (χ0) is 14.6. The van der Waals surface area contributed by atoms with Crippen LogP contribution in [0.15, 0.2) is 18.2 Å². The molecular formula is C17H19NO3. The van der Waals surface area contributed by atoms with E-state index >= 15 is 0 Å². The molecule has 4 nitrogen and oxygen atoms in total. The molecule has 1 heterocycles. The molecule has 1 saturated carbocycles. The first-order valence-corrected chi connectivity index (χ1v) is 7.70. The Morgan fingerprint density at radius 1 is 1.38 bits per heavy atom. The van der Waals surface area contributed by atoms with Gasteiger partial charge in [0, 0.05) is 36.4 Å². The number of hydrogen-bond acceptors (Lipinski definition) is 3. The Balaban J connectivity index is 1.93. The van der Waals surface area contributed by atoms with Gasteiger partial charge in [-0.25, -0.2) is 0 Å². The van der Waals surface area contributed by atoms with Gasteiger partial charge in [0.15, 0.2) is 0 Å². The van der Waals surface area contributed by atoms with Gasteiger partial charge < -0.3 is 10.0 Å². The van der Waals surface area contributed by atoms with E-state index in [2.05, 4.69) is 0 Å². The molecule has 4 heteroatoms. The fourth-order valence-corrected chi connectivity index (χ4v) is 5.07. The van der Waals surface area contributed by atoms with Crippen LogP contribution in [0.5, 0.6) is 5.75 Å². The minimum absolute atomic E-state index is 0.179. The van der Waals surface area contributed by atoms with E-state index in [1.54, 1.807) is 6.07 Å². The number of likely N-dealkylation sites (tertiary alicyclic amines) is 1. The number of carbonyl (C=O) groups excluding carboxylic acids is 2. The second kappa shape index (κ2) is 4.33. The van der Waals surface area contributed by atoms with Crippen molar-refractivity contribution in [3.63, 3.8) is 0 Å². The summed E-state index contributed by atoms with van der Waals surface area (Å²) < 4.78 is 0. The van der Waals surface area contributed by atoms with E-state index in [1.165, 1.54) is 0 Å². The number of amides is 1. The average Bonchev–Trinajstić information content (AvgIpc) is 2.46. The number of phenolic OH excluding ortho intramolecular Hbond substituents is 1. The third-order valence-corrected chi connectivity index (χ3v) is 5.85. The standard InChI is InChI=1S/C17H19NO3/c19-10-18-7-6-17-9-12(20)4-5-13(17)14(18)8-11-2-1-3-15(21)16(11)17/h1-3,10,13-14,21H,4-9H2. The molecule has 4 rings (SSSR count). The molecule has 1 amide bonds. The summed E-state index contributed by atoms with van der Waals surface area (Å²) in [6.45, 7) is 0.686. The molecule has 3 unspecified atom stereocenters. The molecule has 3 aliphatic rings. The zero-order valence-electron chi connectivity index (χ0n) is 11.9. The third-order valence-electron chi connectivity index (χ3n) is 5.85. The molecular weight excluding hydrogens is 266 g/mol. The number of nitrogens with zero attached hydrogens (tertiary/aromatic N) is 1. The van der Waals surface area contributed by atoms with Crippen LogP contribution >= 0.6 is 0 Å². The molecule has 2 aliphatic carbocycles. The lowest BCUT2D eigenvalue weighted by atomic mass is 9.52. The van der Waals surface area contributed by atoms with Crippen LogP contribution in [0.4, 0.5) is 0 Å². The summed E-state index contributed by atoms with van der Waals surface area (Å²) in [6, 6.07) is 5.80. The minimum atomic E-state index is -0.252. The summed E-state index contributed by atoms with van der Waals surface area (Å²) in [5, 5.41) is 10.4. The van der Waals surface area contributed by atoms with Gasteiger partial charge >= 0.3 is 0 Å². The van der Waals surface area contributed by atoms with Crippen molar-refractivity contribution in [3.05, 3.63) is 29.3 Å². The Hall–Kier alpha value is -1.84. The van der Waals surface area contributed by atoms with Gasteiger partial charge in [-0.15, -0.1) is 0 Å². The normalized spacial score (nSPS) is 34.1. The molecule has 1 aromatic rings. The van der Waals surface area contributed by atoms with E-state index in [0.717, 1.165) is 36.8 Å². The topological polar surface area (TPSA) is 57.6 Å². The second-order valence-electron chi connectivity index (χ2n) is 6.69. The number of aromatic hydroxyl groups is 1. The lowest BCUT2D eigenvalue weighted by molar-refractivity contribution is -0.132. The molecule has 0 spiro atoms. The van der Waals surface area contributed by atoms with Crippen molar-refractivity contribution in [2.24, 2.45) is 5.92 Å². The number of fused-ring (bicyclic) bond motifs is 1. The van der Waals surface area contributed by atoms with E-state index in [-0.39, 0.29) is 11.5 Å². The van der Waals surface area contributed by atoms with Crippen molar-refractivity contribution < 1.29 is 14.7 Å². The summed E-state index contributed by atoms with van der Waals surface area (Å²) in [6.07, 6.45) is 4.50. The predicted octanol–water partition coefficient (Wildman–Crippen LogP) is 1.79. The summed E-state index contributed by atoms with van der Waals surface area (Å²) in [4.78, 5) is 25.4. The maximum Gasteiger partial charge on any atom is 0.209 e. The second-order valence-corrected chi connectivity index (χ2v) is 6.69. The largest absolute Gasteiger partial charge is 0.508 e. The van der Waals surface area contributed by atoms with Crippen LogP contribution in [0, 0.1) is 5.92 Å². The number of benzene rings is 1. The van der Waals surface area contributed by atoms with E-state index in [0.29, 0.717) is 36.8 Å². The molecule has 1 aromatic carbocycles. The minimum Gasteiger partial charge on any atom is -0.508 e. The highest BCUT2D eigenvalue weighted by Crippen LogP contribution is 2.56. The van der Waals surface area contributed by atoms with Crippen LogP contribution in [0.1, 0.15) is 36.8 Å². The number of carbonyl (C=O) groups is 2. The number of phenols is 1. The van der Waals surface area contributed by atoms with Crippen molar-refractivity contribution in [1.29, 1.82) is 0 Å². The molecule has 0 aromatic heterocycles. The van der Waals surface area contributed by atoms with Crippen LogP contribution < -0.4 is 0 Å². The molecule has 2 bridgehead atoms. The fraction of sp³-hybridized carbons (Fsp3) is 0.529. The first kappa shape index (κ1) is 12.9. The van der Waals surface area contributed by atoms with Crippen LogP contribution in [0.25, 0.3) is 0 Å². The Morgan fingerprint density at radius 3 is 3.05 bits per heavy atom. The van der Waals surface area contributed by atoms with Gasteiger partial charge in [0.1, 0.15) is 11.5 Å². The van der Waals surface area contributed by atoms with Gasteiger partial charge in [0.25, 0.3) is 0 Å². The highest BCUT2D eigenvalue weighted by atomic mass is 16.3. The fourth-order valence-electron chi connectivity index (χ4n) is 5.07. The molecule has 1 saturated heterocycles. The van der Waals surface area contributed by atoms with Gasteiger partial charge in [0.05, 0.1) is 0 Å². The summed E-state index contributed by atoms with van der Waals surface area (Å²) in [7, 11) is 0. The number of rotatable bonds is 1. The number of piperidine rings is 1. The third kappa shape index (κ3) is 1.62. The Kier molecular flexibility index (Phi) is 2.65. The monoisotopic (exact) mass is 285 g/mol. The van der Waals surface area contributed by atoms with E-state index < -0.39 is 0 Å². The van der Waals surface area contributed by atoms with Crippen molar-refractivity contribution in [1.82, 2.24) is 4.90 Å². The molecule has 0 radical (unpaired) electrons. The molecule has 3 atom stereocenters. The van der Waals surface area contributed by atoms with Crippen molar-refractivity contribution >= 4 is 12.2 Å². The van der Waals surface area contributed by atoms with Crippen LogP contribution in [-0.2, 0) is 21.4 Å². The van der Waals surface area contributed by atoms with Crippen molar-refractivity contribution in [3.8, 4) is 5.75 Å². The highest BCUT2D eigenvalue weighted by Gasteiger charge is 2.56. The maximum atomic E-state index is 12.1. The van der Waals surface area contributed by atoms with E-state index in [9.17, 15) is 14.7 Å². The zero-order valence-corrected chi connectivity index (χ0v) is 11.9. The van der Waals surface area contributed by atoms with Gasteiger partial charge in [-0.1, -0.05) is 12.1 Å². The van der Waals surface area contributed by atoms with Gasteiger partial charge in [-0.05, 0) is 36.8 Å². The van der Waals surface area contributed by atoms with Crippen molar-refractivity contribution in [2.75, 3.05) is 6.54 Å². The lowest BCUT2D eigenvalue weighted by Gasteiger charge is -2.57. The molecule has 2 fully saturated rings. The molecule has 1 N–H and O–H groups in total. The number of ketones is 1. The SMILES string of the molecule is O=CN1CCC23CC(=O)CCC2C1Cc1cccc(O)c13. The smallest absolute Gasteiger partial charge is 0.209 e. The van der Waals surface area contributed by atoms with Gasteiger partial charge in [0.2, 0.25) is 6.41 Å². The first-order chi connectivity index (χ1) is 10.2. The van der Waals surface area contributed by atoms with Crippen LogP contribution in [0.3, 0.4) is 0 Å². The van der Waals surface area contributed by atoms with Crippen LogP contribution in [0.2, 0.25) is 0 Å². The molecule has 21 heavy (non-hydrogen) atoms. The summed E-state index contributed by atoms with van der Waals surface area (Å²) in [5.41, 5.74) is 1.85. The Morgan fingerprint density at radius 2 is 2.24 bits per heavy atom. The molecule has 1 aliphatic heterocycles. The predicted molar refractivity (Wildman–Crippen MR) is 77.0 cm³/mol. The average molecular weight is 285 g/mol. The lowest BCUT2D eigenvalue weighted by Crippen LogP contribution is -2.61. The van der Waals surface area contributed by atoms with E-state index in [4.69, 9.17) is 0 Å². The maximum absolute atomic E-state index is 12.1. The van der Waals surface area contributed by atoms with Gasteiger partial charge in [-0.2, -0.15) is 0 Å². The Bertz CT molecular complexity index is 626. The van der Waals surface area contributed by atoms with Crippen LogP contribution in [-0.4, -0.2) is 34.8 Å².